The number of ether oxygens (including phenoxy) is 2. The number of carbonyl (C=O) groups excluding carboxylic acids is 4. The number of carboxylic acid groups (broad SMARTS) is 1. The Hall–Kier alpha value is -4.92. The van der Waals surface area contributed by atoms with Gasteiger partial charge in [0.1, 0.15) is 6.04 Å². The maximum absolute atomic E-state index is 13.5. The molecule has 2 aromatic heterocycles. The molecule has 2 saturated heterocycles. The van der Waals surface area contributed by atoms with Gasteiger partial charge in [-0.2, -0.15) is 5.10 Å². The number of benzene rings is 1. The normalized spacial score (nSPS) is 16.9. The van der Waals surface area contributed by atoms with E-state index in [1.54, 1.807) is 42.5 Å². The van der Waals surface area contributed by atoms with Crippen LogP contribution in [0.1, 0.15) is 54.0 Å². The van der Waals surface area contributed by atoms with E-state index in [1.807, 2.05) is 28.5 Å². The number of carbonyl (C=O) groups is 5. The highest BCUT2D eigenvalue weighted by atomic mass is 32.1. The van der Waals surface area contributed by atoms with Crippen LogP contribution in [0, 0.1) is 0 Å². The number of rotatable bonds is 12. The zero-order chi connectivity index (χ0) is 33.3. The van der Waals surface area contributed by atoms with Crippen molar-refractivity contribution in [2.45, 2.75) is 44.7 Å². The Bertz CT molecular complexity index is 1550. The minimum Gasteiger partial charge on any atom is -0.481 e. The third-order valence-corrected chi connectivity index (χ3v) is 9.04. The van der Waals surface area contributed by atoms with E-state index < -0.39 is 29.9 Å². The van der Waals surface area contributed by atoms with E-state index in [2.05, 4.69) is 10.4 Å². The zero-order valence-electron chi connectivity index (χ0n) is 26.1. The second kappa shape index (κ2) is 15.6. The molecule has 2 N–H and O–H groups in total. The van der Waals surface area contributed by atoms with Gasteiger partial charge in [-0.05, 0) is 49.8 Å². The molecular weight excluding hydrogens is 628 g/mol. The van der Waals surface area contributed by atoms with Gasteiger partial charge in [-0.15, -0.1) is 11.3 Å². The average Bonchev–Trinajstić information content (AvgIpc) is 3.87. The highest BCUT2D eigenvalue weighted by Gasteiger charge is 2.33. The number of aromatic nitrogens is 2. The van der Waals surface area contributed by atoms with Crippen LogP contribution in [0.3, 0.4) is 0 Å². The predicted molar refractivity (Wildman–Crippen MR) is 170 cm³/mol. The molecule has 2 fully saturated rings. The number of aliphatic carboxylic acids is 1. The Labute approximate surface area is 275 Å². The highest BCUT2D eigenvalue weighted by molar-refractivity contribution is 7.10. The summed E-state index contributed by atoms with van der Waals surface area (Å²) in [6.07, 6.45) is 0.811. The summed E-state index contributed by atoms with van der Waals surface area (Å²) >= 11 is 1.61. The molecule has 15 heteroatoms. The molecule has 0 saturated carbocycles. The Morgan fingerprint density at radius 2 is 1.77 bits per heavy atom. The zero-order valence-corrected chi connectivity index (χ0v) is 26.9. The number of nitrogens with one attached hydrogen (secondary N) is 1. The van der Waals surface area contributed by atoms with Crippen molar-refractivity contribution in [2.24, 2.45) is 0 Å². The van der Waals surface area contributed by atoms with Crippen LogP contribution in [0.5, 0.6) is 5.88 Å². The Morgan fingerprint density at radius 3 is 2.45 bits per heavy atom. The van der Waals surface area contributed by atoms with Crippen molar-refractivity contribution in [1.29, 1.82) is 0 Å². The van der Waals surface area contributed by atoms with E-state index in [4.69, 9.17) is 9.47 Å². The lowest BCUT2D eigenvalue weighted by Crippen LogP contribution is -2.56. The van der Waals surface area contributed by atoms with Crippen LogP contribution < -0.4 is 10.1 Å². The fourth-order valence-corrected chi connectivity index (χ4v) is 6.57. The van der Waals surface area contributed by atoms with Crippen LogP contribution in [0.25, 0.3) is 5.69 Å². The van der Waals surface area contributed by atoms with Crippen molar-refractivity contribution >= 4 is 41.1 Å². The maximum Gasteiger partial charge on any atom is 0.409 e. The Morgan fingerprint density at radius 1 is 1.02 bits per heavy atom. The van der Waals surface area contributed by atoms with Gasteiger partial charge in [-0.1, -0.05) is 24.3 Å². The molecule has 47 heavy (non-hydrogen) atoms. The van der Waals surface area contributed by atoms with Crippen molar-refractivity contribution in [3.8, 4) is 11.6 Å². The van der Waals surface area contributed by atoms with Crippen molar-refractivity contribution in [2.75, 3.05) is 45.9 Å². The van der Waals surface area contributed by atoms with Gasteiger partial charge >= 0.3 is 12.1 Å². The first-order chi connectivity index (χ1) is 22.7. The number of para-hydroxylation sites is 1. The molecule has 2 atom stereocenters. The Kier molecular flexibility index (Phi) is 11.1. The number of amides is 4. The molecule has 0 spiro atoms. The number of nitrogens with zero attached hydrogens (tertiary/aromatic N) is 5. The standard InChI is InChI=1S/C32H38N6O8S/c1-2-45-32(44)36-17-15-35(16-18-36)31(43)23(12-13-29(40)41)33-30(42)24-20-28(38(34-24)22-8-4-3-5-9-22)46-21-27(39)37-14-6-10-25(37)26-11-7-19-47-26/h3-5,7-9,11,19-20,23,25H,2,6,10,12-18,21H2,1H3,(H,33,42)(H,40,41)/t23-,25?/m0/s1. The van der Waals surface area contributed by atoms with Gasteiger partial charge < -0.3 is 34.6 Å². The van der Waals surface area contributed by atoms with E-state index >= 15 is 0 Å². The van der Waals surface area contributed by atoms with Gasteiger partial charge in [0.05, 0.1) is 18.3 Å². The van der Waals surface area contributed by atoms with Gasteiger partial charge in [-0.25, -0.2) is 9.48 Å². The first kappa shape index (κ1) is 33.4. The van der Waals surface area contributed by atoms with Crippen LogP contribution in [0.15, 0.2) is 53.9 Å². The van der Waals surface area contributed by atoms with Crippen LogP contribution in [0.4, 0.5) is 4.79 Å². The quantitative estimate of drug-likeness (QED) is 0.296. The summed E-state index contributed by atoms with van der Waals surface area (Å²) in [5, 5.41) is 18.4. The van der Waals surface area contributed by atoms with Crippen molar-refractivity contribution in [3.05, 3.63) is 64.5 Å². The molecule has 4 heterocycles. The molecule has 3 aromatic rings. The van der Waals surface area contributed by atoms with Gasteiger partial charge in [0, 0.05) is 50.1 Å². The molecule has 1 aromatic carbocycles. The number of piperazine rings is 1. The van der Waals surface area contributed by atoms with Crippen molar-refractivity contribution in [1.82, 2.24) is 29.8 Å². The van der Waals surface area contributed by atoms with E-state index in [0.29, 0.717) is 12.2 Å². The SMILES string of the molecule is CCOC(=O)N1CCN(C(=O)[C@H](CCC(=O)O)NC(=O)c2cc(OCC(=O)N3CCCC3c3cccs3)n(-c3ccccc3)n2)CC1. The van der Waals surface area contributed by atoms with Crippen LogP contribution in [-0.4, -0.2) is 111 Å². The molecule has 5 rings (SSSR count). The van der Waals surface area contributed by atoms with Gasteiger partial charge in [0.25, 0.3) is 11.8 Å². The largest absolute Gasteiger partial charge is 0.481 e. The second-order valence-corrected chi connectivity index (χ2v) is 12.1. The van der Waals surface area contributed by atoms with Gasteiger partial charge in [0.2, 0.25) is 11.8 Å². The third kappa shape index (κ3) is 8.27. The fraction of sp³-hybridized carbons (Fsp3) is 0.438. The molecule has 2 aliphatic rings. The molecule has 4 amide bonds. The first-order valence-electron chi connectivity index (χ1n) is 15.6. The molecule has 0 bridgehead atoms. The number of carboxylic acids is 1. The number of likely N-dealkylation sites (tertiary alicyclic amines) is 1. The molecular formula is C32H38N6O8S. The predicted octanol–water partition coefficient (Wildman–Crippen LogP) is 2.94. The van der Waals surface area contributed by atoms with Gasteiger partial charge in [-0.3, -0.25) is 19.2 Å². The molecule has 1 unspecified atom stereocenters. The Balaban J connectivity index is 1.29. The lowest BCUT2D eigenvalue weighted by Gasteiger charge is -2.35. The van der Waals surface area contributed by atoms with Crippen molar-refractivity contribution in [3.63, 3.8) is 0 Å². The molecule has 2 aliphatic heterocycles. The first-order valence-corrected chi connectivity index (χ1v) is 16.5. The number of hydrogen-bond acceptors (Lipinski definition) is 9. The van der Waals surface area contributed by atoms with Crippen LogP contribution in [-0.2, 0) is 19.1 Å². The topological polar surface area (TPSA) is 164 Å². The monoisotopic (exact) mass is 666 g/mol. The van der Waals surface area contributed by atoms with E-state index in [-0.39, 0.29) is 75.8 Å². The smallest absolute Gasteiger partial charge is 0.409 e. The number of thiophene rings is 1. The second-order valence-electron chi connectivity index (χ2n) is 11.1. The van der Waals surface area contributed by atoms with E-state index in [0.717, 1.165) is 17.7 Å². The lowest BCUT2D eigenvalue weighted by molar-refractivity contribution is -0.138. The molecule has 0 radical (unpaired) electrons. The summed E-state index contributed by atoms with van der Waals surface area (Å²) < 4.78 is 12.4. The minimum absolute atomic E-state index is 0.000107. The summed E-state index contributed by atoms with van der Waals surface area (Å²) in [6.45, 7) is 3.21. The van der Waals surface area contributed by atoms with Crippen LogP contribution >= 0.6 is 11.3 Å². The minimum atomic E-state index is -1.15. The highest BCUT2D eigenvalue weighted by Crippen LogP contribution is 2.34. The molecule has 14 nitrogen and oxygen atoms in total. The molecule has 0 aliphatic carbocycles. The maximum atomic E-state index is 13.5. The number of hydrogen-bond donors (Lipinski definition) is 2. The van der Waals surface area contributed by atoms with Crippen LogP contribution in [0.2, 0.25) is 0 Å². The summed E-state index contributed by atoms with van der Waals surface area (Å²) in [6, 6.07) is 13.2. The average molecular weight is 667 g/mol. The lowest BCUT2D eigenvalue weighted by atomic mass is 10.1. The van der Waals surface area contributed by atoms with E-state index in [1.165, 1.54) is 20.5 Å². The third-order valence-electron chi connectivity index (χ3n) is 8.07. The summed E-state index contributed by atoms with van der Waals surface area (Å²) in [5.74, 6) is -2.31. The fourth-order valence-electron chi connectivity index (χ4n) is 5.69. The summed E-state index contributed by atoms with van der Waals surface area (Å²) in [7, 11) is 0. The van der Waals surface area contributed by atoms with E-state index in [9.17, 15) is 29.1 Å². The summed E-state index contributed by atoms with van der Waals surface area (Å²) in [4.78, 5) is 69.7. The van der Waals surface area contributed by atoms with Gasteiger partial charge in [0.15, 0.2) is 12.3 Å². The van der Waals surface area contributed by atoms with Crippen molar-refractivity contribution < 1.29 is 38.6 Å². The molecule has 250 valence electrons. The summed E-state index contributed by atoms with van der Waals surface area (Å²) in [5.41, 5.74) is 0.513.